The maximum Gasteiger partial charge on any atom is 0.150 e. The topological polar surface area (TPSA) is 78.0 Å². The highest BCUT2D eigenvalue weighted by molar-refractivity contribution is 7.91. The molecule has 2 rings (SSSR count). The van der Waals surface area contributed by atoms with Gasteiger partial charge in [0.1, 0.15) is 0 Å². The van der Waals surface area contributed by atoms with Crippen molar-refractivity contribution < 1.29 is 8.42 Å². The van der Waals surface area contributed by atoms with E-state index < -0.39 is 9.84 Å². The lowest BCUT2D eigenvalue weighted by Crippen LogP contribution is -2.26. The molecule has 2 atom stereocenters. The van der Waals surface area contributed by atoms with E-state index in [0.29, 0.717) is 11.5 Å². The summed E-state index contributed by atoms with van der Waals surface area (Å²) in [5.74, 6) is 0.888. The Balaban J connectivity index is 1.83. The normalized spacial score (nSPS) is 24.2. The van der Waals surface area contributed by atoms with Crippen LogP contribution in [0.15, 0.2) is 12.4 Å². The molecule has 2 heterocycles. The molecule has 0 spiro atoms. The lowest BCUT2D eigenvalue weighted by molar-refractivity contribution is 0.468. The monoisotopic (exact) mass is 271 g/mol. The zero-order valence-electron chi connectivity index (χ0n) is 10.7. The van der Waals surface area contributed by atoms with Gasteiger partial charge in [-0.1, -0.05) is 0 Å². The van der Waals surface area contributed by atoms with Gasteiger partial charge in [-0.15, -0.1) is 0 Å². The van der Waals surface area contributed by atoms with Crippen LogP contribution in [0.1, 0.15) is 25.3 Å². The summed E-state index contributed by atoms with van der Waals surface area (Å²) >= 11 is 0. The van der Waals surface area contributed by atoms with Crippen molar-refractivity contribution in [1.29, 1.82) is 0 Å². The number of hydrogen-bond acceptors (Lipinski definition) is 4. The van der Waals surface area contributed by atoms with Gasteiger partial charge in [-0.2, -0.15) is 5.10 Å². The van der Waals surface area contributed by atoms with E-state index in [1.807, 2.05) is 24.0 Å². The Hall–Kier alpha value is -0.880. The number of nitrogens with zero attached hydrogens (tertiary/aromatic N) is 2. The standard InChI is InChI=1S/C12H21N3O2S/c1-2-15-8-11(7-14-15)6-12(13)5-10-3-4-18(16,17)9-10/h7-8,10,12H,2-6,9,13H2,1H3. The van der Waals surface area contributed by atoms with Crippen LogP contribution in [0.3, 0.4) is 0 Å². The van der Waals surface area contributed by atoms with Crippen molar-refractivity contribution in [1.82, 2.24) is 9.78 Å². The van der Waals surface area contributed by atoms with Gasteiger partial charge in [-0.05, 0) is 37.7 Å². The van der Waals surface area contributed by atoms with Gasteiger partial charge >= 0.3 is 0 Å². The molecule has 0 bridgehead atoms. The summed E-state index contributed by atoms with van der Waals surface area (Å²) in [5, 5.41) is 4.21. The SMILES string of the molecule is CCn1cc(CC(N)CC2CCS(=O)(=O)C2)cn1. The molecule has 18 heavy (non-hydrogen) atoms. The summed E-state index contributed by atoms with van der Waals surface area (Å²) in [7, 11) is -2.79. The quantitative estimate of drug-likeness (QED) is 0.850. The second-order valence-corrected chi connectivity index (χ2v) is 7.40. The molecule has 1 aliphatic rings. The summed E-state index contributed by atoms with van der Waals surface area (Å²) in [6.07, 6.45) is 6.18. The van der Waals surface area contributed by atoms with E-state index in [4.69, 9.17) is 5.73 Å². The fraction of sp³-hybridized carbons (Fsp3) is 0.750. The summed E-state index contributed by atoms with van der Waals surface area (Å²) in [6.45, 7) is 2.90. The lowest BCUT2D eigenvalue weighted by atomic mass is 9.96. The van der Waals surface area contributed by atoms with Gasteiger partial charge in [-0.25, -0.2) is 8.42 Å². The highest BCUT2D eigenvalue weighted by atomic mass is 32.2. The zero-order chi connectivity index (χ0) is 13.2. The summed E-state index contributed by atoms with van der Waals surface area (Å²) in [6, 6.07) is 0.0257. The third-order valence-corrected chi connectivity index (χ3v) is 5.31. The lowest BCUT2D eigenvalue weighted by Gasteiger charge is -2.14. The van der Waals surface area contributed by atoms with Gasteiger partial charge < -0.3 is 5.73 Å². The zero-order valence-corrected chi connectivity index (χ0v) is 11.6. The maximum atomic E-state index is 11.4. The van der Waals surface area contributed by atoms with Crippen LogP contribution < -0.4 is 5.73 Å². The highest BCUT2D eigenvalue weighted by Crippen LogP contribution is 2.23. The molecule has 0 amide bonds. The molecule has 1 aromatic heterocycles. The number of sulfone groups is 1. The largest absolute Gasteiger partial charge is 0.327 e. The van der Waals surface area contributed by atoms with Gasteiger partial charge in [0.25, 0.3) is 0 Å². The third kappa shape index (κ3) is 3.55. The molecule has 0 aromatic carbocycles. The number of nitrogens with two attached hydrogens (primary N) is 1. The molecule has 1 aliphatic heterocycles. The van der Waals surface area contributed by atoms with Crippen molar-refractivity contribution in [2.24, 2.45) is 11.7 Å². The first-order valence-corrected chi connectivity index (χ1v) is 8.28. The molecule has 0 saturated carbocycles. The number of rotatable bonds is 5. The van der Waals surface area contributed by atoms with E-state index in [-0.39, 0.29) is 12.0 Å². The summed E-state index contributed by atoms with van der Waals surface area (Å²) < 4.78 is 24.6. The molecule has 5 nitrogen and oxygen atoms in total. The van der Waals surface area contributed by atoms with Crippen molar-refractivity contribution in [3.63, 3.8) is 0 Å². The molecule has 2 unspecified atom stereocenters. The summed E-state index contributed by atoms with van der Waals surface area (Å²) in [5.41, 5.74) is 7.22. The number of hydrogen-bond donors (Lipinski definition) is 1. The van der Waals surface area contributed by atoms with Crippen LogP contribution in [0.4, 0.5) is 0 Å². The minimum Gasteiger partial charge on any atom is -0.327 e. The molecule has 2 N–H and O–H groups in total. The van der Waals surface area contributed by atoms with Crippen LogP contribution in [0.2, 0.25) is 0 Å². The Morgan fingerprint density at radius 1 is 1.61 bits per heavy atom. The third-order valence-electron chi connectivity index (χ3n) is 3.47. The second kappa shape index (κ2) is 5.40. The molecule has 1 aromatic rings. The van der Waals surface area contributed by atoms with Gasteiger partial charge in [-0.3, -0.25) is 4.68 Å². The van der Waals surface area contributed by atoms with Crippen LogP contribution in [0, 0.1) is 5.92 Å². The predicted molar refractivity (Wildman–Crippen MR) is 71.0 cm³/mol. The molecule has 1 fully saturated rings. The van der Waals surface area contributed by atoms with E-state index in [9.17, 15) is 8.42 Å². The first kappa shape index (κ1) is 13.5. The number of aromatic nitrogens is 2. The van der Waals surface area contributed by atoms with Crippen LogP contribution >= 0.6 is 0 Å². The molecule has 0 radical (unpaired) electrons. The predicted octanol–water partition coefficient (Wildman–Crippen LogP) is 0.598. The first-order valence-electron chi connectivity index (χ1n) is 6.46. The molecular formula is C12H21N3O2S. The maximum absolute atomic E-state index is 11.4. The first-order chi connectivity index (χ1) is 8.48. The van der Waals surface area contributed by atoms with Gasteiger partial charge in [0.2, 0.25) is 0 Å². The van der Waals surface area contributed by atoms with Gasteiger partial charge in [0.15, 0.2) is 9.84 Å². The highest BCUT2D eigenvalue weighted by Gasteiger charge is 2.28. The van der Waals surface area contributed by atoms with Crippen molar-refractivity contribution >= 4 is 9.84 Å². The molecule has 1 saturated heterocycles. The van der Waals surface area contributed by atoms with Gasteiger partial charge in [0, 0.05) is 18.8 Å². The van der Waals surface area contributed by atoms with E-state index in [2.05, 4.69) is 5.10 Å². The molecular weight excluding hydrogens is 250 g/mol. The minimum absolute atomic E-state index is 0.0257. The molecule has 0 aliphatic carbocycles. The van der Waals surface area contributed by atoms with Crippen LogP contribution in [0.25, 0.3) is 0 Å². The Kier molecular flexibility index (Phi) is 4.07. The number of aryl methyl sites for hydroxylation is 1. The molecule has 102 valence electrons. The minimum atomic E-state index is -2.79. The van der Waals surface area contributed by atoms with Crippen molar-refractivity contribution in [3.8, 4) is 0 Å². The van der Waals surface area contributed by atoms with Gasteiger partial charge in [0.05, 0.1) is 17.7 Å². The molecule has 6 heteroatoms. The van der Waals surface area contributed by atoms with Crippen LogP contribution in [-0.4, -0.2) is 35.7 Å². The Morgan fingerprint density at radius 3 is 2.94 bits per heavy atom. The fourth-order valence-corrected chi connectivity index (χ4v) is 4.44. The summed E-state index contributed by atoms with van der Waals surface area (Å²) in [4.78, 5) is 0. The van der Waals surface area contributed by atoms with Crippen molar-refractivity contribution in [3.05, 3.63) is 18.0 Å². The van der Waals surface area contributed by atoms with Crippen LogP contribution in [0.5, 0.6) is 0 Å². The van der Waals surface area contributed by atoms with Crippen molar-refractivity contribution in [2.75, 3.05) is 11.5 Å². The van der Waals surface area contributed by atoms with Crippen molar-refractivity contribution in [2.45, 2.75) is 38.8 Å². The average molecular weight is 271 g/mol. The van der Waals surface area contributed by atoms with E-state index in [0.717, 1.165) is 31.4 Å². The second-order valence-electron chi connectivity index (χ2n) is 5.17. The van der Waals surface area contributed by atoms with E-state index in [1.54, 1.807) is 0 Å². The smallest absolute Gasteiger partial charge is 0.150 e. The average Bonchev–Trinajstić information content (AvgIpc) is 2.85. The van der Waals surface area contributed by atoms with E-state index >= 15 is 0 Å². The Bertz CT molecular complexity index is 495. The fourth-order valence-electron chi connectivity index (χ4n) is 2.56. The van der Waals surface area contributed by atoms with Crippen LogP contribution in [-0.2, 0) is 22.8 Å². The Morgan fingerprint density at radius 2 is 2.39 bits per heavy atom. The van der Waals surface area contributed by atoms with E-state index in [1.165, 1.54) is 0 Å². The Labute approximate surface area is 108 Å².